The Morgan fingerprint density at radius 3 is 2.60 bits per heavy atom. The molecule has 0 radical (unpaired) electrons. The molecule has 5 nitrogen and oxygen atoms in total. The van der Waals surface area contributed by atoms with E-state index in [2.05, 4.69) is 5.32 Å². The van der Waals surface area contributed by atoms with Crippen LogP contribution in [0.1, 0.15) is 30.6 Å². The molecule has 1 amide bonds. The van der Waals surface area contributed by atoms with Crippen LogP contribution in [0.3, 0.4) is 0 Å². The molecule has 0 aliphatic carbocycles. The maximum atomic E-state index is 12.4. The first-order valence-corrected chi connectivity index (χ1v) is 6.49. The summed E-state index contributed by atoms with van der Waals surface area (Å²) in [6.07, 6.45) is 2.04. The van der Waals surface area contributed by atoms with E-state index in [0.717, 1.165) is 10.9 Å². The van der Waals surface area contributed by atoms with Crippen LogP contribution in [0.25, 0.3) is 10.9 Å². The molecular formula is C15H18N2O3. The van der Waals surface area contributed by atoms with Crippen LogP contribution in [0.5, 0.6) is 0 Å². The van der Waals surface area contributed by atoms with Crippen molar-refractivity contribution in [2.75, 3.05) is 0 Å². The van der Waals surface area contributed by atoms with Crippen LogP contribution < -0.4 is 5.32 Å². The van der Waals surface area contributed by atoms with Crippen molar-refractivity contribution in [2.24, 2.45) is 7.05 Å². The Morgan fingerprint density at radius 1 is 1.35 bits per heavy atom. The van der Waals surface area contributed by atoms with Crippen molar-refractivity contribution in [1.82, 2.24) is 9.88 Å². The van der Waals surface area contributed by atoms with Crippen LogP contribution >= 0.6 is 0 Å². The fourth-order valence-electron chi connectivity index (χ4n) is 2.13. The maximum Gasteiger partial charge on any atom is 0.329 e. The fourth-order valence-corrected chi connectivity index (χ4v) is 2.13. The van der Waals surface area contributed by atoms with Gasteiger partial charge in [0.05, 0.1) is 5.56 Å². The van der Waals surface area contributed by atoms with Gasteiger partial charge in [-0.1, -0.05) is 25.1 Å². The SMILES string of the molecule is CCC(C)(NC(=O)c1cn(C)c2ccccc12)C(=O)O. The lowest BCUT2D eigenvalue weighted by Gasteiger charge is -2.24. The smallest absolute Gasteiger partial charge is 0.329 e. The Morgan fingerprint density at radius 2 is 2.00 bits per heavy atom. The number of carboxylic acids is 1. The highest BCUT2D eigenvalue weighted by molar-refractivity contribution is 6.08. The molecule has 0 aliphatic rings. The van der Waals surface area contributed by atoms with Crippen LogP contribution in [0.2, 0.25) is 0 Å². The minimum absolute atomic E-state index is 0.318. The summed E-state index contributed by atoms with van der Waals surface area (Å²) in [6.45, 7) is 3.25. The minimum atomic E-state index is -1.26. The summed E-state index contributed by atoms with van der Waals surface area (Å²) >= 11 is 0. The maximum absolute atomic E-state index is 12.4. The summed E-state index contributed by atoms with van der Waals surface area (Å²) < 4.78 is 1.86. The van der Waals surface area contributed by atoms with Crippen molar-refractivity contribution in [3.63, 3.8) is 0 Å². The van der Waals surface area contributed by atoms with E-state index in [1.54, 1.807) is 13.1 Å². The van der Waals surface area contributed by atoms with Crippen molar-refractivity contribution in [2.45, 2.75) is 25.8 Å². The Bertz CT molecular complexity index is 675. The molecule has 2 rings (SSSR count). The normalized spacial score (nSPS) is 13.9. The number of carbonyl (C=O) groups is 2. The zero-order chi connectivity index (χ0) is 14.9. The van der Waals surface area contributed by atoms with E-state index in [4.69, 9.17) is 0 Å². The number of hydrogen-bond donors (Lipinski definition) is 2. The lowest BCUT2D eigenvalue weighted by atomic mass is 9.98. The van der Waals surface area contributed by atoms with Crippen LogP contribution in [0.4, 0.5) is 0 Å². The molecular weight excluding hydrogens is 256 g/mol. The number of para-hydroxylation sites is 1. The third kappa shape index (κ3) is 2.27. The highest BCUT2D eigenvalue weighted by Crippen LogP contribution is 2.21. The Balaban J connectivity index is 2.40. The summed E-state index contributed by atoms with van der Waals surface area (Å²) in [5.41, 5.74) is 0.170. The molecule has 0 spiro atoms. The highest BCUT2D eigenvalue weighted by Gasteiger charge is 2.33. The molecule has 1 heterocycles. The number of aryl methyl sites for hydroxylation is 1. The van der Waals surface area contributed by atoms with Gasteiger partial charge in [0, 0.05) is 24.1 Å². The number of fused-ring (bicyclic) bond motifs is 1. The molecule has 1 aromatic carbocycles. The molecule has 5 heteroatoms. The van der Waals surface area contributed by atoms with Crippen molar-refractivity contribution >= 4 is 22.8 Å². The number of nitrogens with one attached hydrogen (secondary N) is 1. The number of carbonyl (C=O) groups excluding carboxylic acids is 1. The van der Waals surface area contributed by atoms with Crippen molar-refractivity contribution in [3.05, 3.63) is 36.0 Å². The van der Waals surface area contributed by atoms with Gasteiger partial charge in [0.15, 0.2) is 0 Å². The summed E-state index contributed by atoms with van der Waals surface area (Å²) in [4.78, 5) is 23.6. The van der Waals surface area contributed by atoms with Gasteiger partial charge in [0.2, 0.25) is 0 Å². The van der Waals surface area contributed by atoms with Crippen LogP contribution in [0.15, 0.2) is 30.5 Å². The van der Waals surface area contributed by atoms with Gasteiger partial charge >= 0.3 is 5.97 Å². The largest absolute Gasteiger partial charge is 0.480 e. The first kappa shape index (κ1) is 14.1. The third-order valence-corrected chi connectivity index (χ3v) is 3.71. The van der Waals surface area contributed by atoms with Crippen LogP contribution in [0, 0.1) is 0 Å². The van der Waals surface area contributed by atoms with Gasteiger partial charge < -0.3 is 15.0 Å². The number of aliphatic carboxylic acids is 1. The average Bonchev–Trinajstić information content (AvgIpc) is 2.76. The minimum Gasteiger partial charge on any atom is -0.480 e. The van der Waals surface area contributed by atoms with Gasteiger partial charge in [0.25, 0.3) is 5.91 Å². The molecule has 0 saturated heterocycles. The number of benzene rings is 1. The molecule has 20 heavy (non-hydrogen) atoms. The summed E-state index contributed by atoms with van der Waals surface area (Å²) in [7, 11) is 1.86. The van der Waals surface area contributed by atoms with Crippen LogP contribution in [-0.2, 0) is 11.8 Å². The molecule has 106 valence electrons. The zero-order valence-corrected chi connectivity index (χ0v) is 11.8. The Kier molecular flexibility index (Phi) is 3.53. The number of amides is 1. The lowest BCUT2D eigenvalue weighted by Crippen LogP contribution is -2.51. The van der Waals surface area contributed by atoms with Crippen molar-refractivity contribution < 1.29 is 14.7 Å². The quantitative estimate of drug-likeness (QED) is 0.897. The molecule has 1 atom stereocenters. The number of aromatic nitrogens is 1. The summed E-state index contributed by atoms with van der Waals surface area (Å²) in [5.74, 6) is -1.40. The van der Waals surface area contributed by atoms with Gasteiger partial charge in [-0.15, -0.1) is 0 Å². The Hall–Kier alpha value is -2.30. The zero-order valence-electron chi connectivity index (χ0n) is 11.8. The molecule has 1 aromatic heterocycles. The fraction of sp³-hybridized carbons (Fsp3) is 0.333. The topological polar surface area (TPSA) is 71.3 Å². The molecule has 0 aliphatic heterocycles. The first-order chi connectivity index (χ1) is 9.39. The highest BCUT2D eigenvalue weighted by atomic mass is 16.4. The van der Waals surface area contributed by atoms with Crippen molar-refractivity contribution in [1.29, 1.82) is 0 Å². The predicted molar refractivity (Wildman–Crippen MR) is 76.7 cm³/mol. The van der Waals surface area contributed by atoms with E-state index < -0.39 is 11.5 Å². The lowest BCUT2D eigenvalue weighted by molar-refractivity contribution is -0.143. The average molecular weight is 274 g/mol. The number of hydrogen-bond acceptors (Lipinski definition) is 2. The van der Waals surface area contributed by atoms with E-state index in [9.17, 15) is 14.7 Å². The van der Waals surface area contributed by atoms with Gasteiger partial charge in [0.1, 0.15) is 5.54 Å². The second-order valence-electron chi connectivity index (χ2n) is 5.12. The van der Waals surface area contributed by atoms with E-state index >= 15 is 0 Å². The number of rotatable bonds is 4. The summed E-state index contributed by atoms with van der Waals surface area (Å²) in [5, 5.41) is 12.7. The molecule has 0 bridgehead atoms. The first-order valence-electron chi connectivity index (χ1n) is 6.49. The molecule has 0 saturated carbocycles. The standard InChI is InChI=1S/C15H18N2O3/c1-4-15(2,14(19)20)16-13(18)11-9-17(3)12-8-6-5-7-10(11)12/h5-9H,4H2,1-3H3,(H,16,18)(H,19,20). The van der Waals surface area contributed by atoms with E-state index in [1.807, 2.05) is 35.9 Å². The number of carboxylic acid groups (broad SMARTS) is 1. The second kappa shape index (κ2) is 5.00. The van der Waals surface area contributed by atoms with Gasteiger partial charge in [-0.05, 0) is 19.4 Å². The molecule has 2 N–H and O–H groups in total. The predicted octanol–water partition coefficient (Wildman–Crippen LogP) is 2.16. The van der Waals surface area contributed by atoms with E-state index in [0.29, 0.717) is 12.0 Å². The summed E-state index contributed by atoms with van der Waals surface area (Å²) in [6, 6.07) is 7.53. The van der Waals surface area contributed by atoms with Gasteiger partial charge in [-0.3, -0.25) is 4.79 Å². The molecule has 2 aromatic rings. The van der Waals surface area contributed by atoms with E-state index in [1.165, 1.54) is 6.92 Å². The second-order valence-corrected chi connectivity index (χ2v) is 5.12. The third-order valence-electron chi connectivity index (χ3n) is 3.71. The van der Waals surface area contributed by atoms with E-state index in [-0.39, 0.29) is 5.91 Å². The van der Waals surface area contributed by atoms with Gasteiger partial charge in [-0.25, -0.2) is 4.79 Å². The monoisotopic (exact) mass is 274 g/mol. The molecule has 0 fully saturated rings. The van der Waals surface area contributed by atoms with Crippen molar-refractivity contribution in [3.8, 4) is 0 Å². The van der Waals surface area contributed by atoms with Crippen LogP contribution in [-0.4, -0.2) is 27.1 Å². The number of nitrogens with zero attached hydrogens (tertiary/aromatic N) is 1. The van der Waals surface area contributed by atoms with Gasteiger partial charge in [-0.2, -0.15) is 0 Å². The Labute approximate surface area is 117 Å². The molecule has 1 unspecified atom stereocenters.